The van der Waals surface area contributed by atoms with E-state index in [0.717, 1.165) is 12.8 Å². The number of nitrogens with zero attached hydrogens (tertiary/aromatic N) is 2. The second-order valence-corrected chi connectivity index (χ2v) is 10.2. The molecule has 10 nitrogen and oxygen atoms in total. The Hall–Kier alpha value is -3.57. The molecule has 1 aliphatic rings. The molecule has 5 N–H and O–H groups in total. The summed E-state index contributed by atoms with van der Waals surface area (Å²) in [6.45, 7) is 2.37. The van der Waals surface area contributed by atoms with Crippen molar-refractivity contribution in [3.63, 3.8) is 0 Å². The number of amides is 1. The first-order valence-electron chi connectivity index (χ1n) is 10.9. The quantitative estimate of drug-likeness (QED) is 0.322. The largest absolute Gasteiger partial charge is 0.332 e. The van der Waals surface area contributed by atoms with Crippen LogP contribution in [-0.4, -0.2) is 36.7 Å². The Balaban J connectivity index is 1.44. The molecule has 1 fully saturated rings. The zero-order chi connectivity index (χ0) is 24.3. The Bertz CT molecular complexity index is 1310. The van der Waals surface area contributed by atoms with E-state index in [1.807, 2.05) is 6.92 Å². The second-order valence-electron chi connectivity index (χ2n) is 8.52. The maximum Gasteiger partial charge on any atom is 0.271 e. The molecule has 0 atom stereocenters. The van der Waals surface area contributed by atoms with E-state index in [2.05, 4.69) is 20.2 Å². The zero-order valence-corrected chi connectivity index (χ0v) is 19.5. The third kappa shape index (κ3) is 5.32. The van der Waals surface area contributed by atoms with Gasteiger partial charge in [0.1, 0.15) is 0 Å². The summed E-state index contributed by atoms with van der Waals surface area (Å²) in [5, 5.41) is 14.7. The average Bonchev–Trinajstić information content (AvgIpc) is 3.38. The molecular formula is C23H26N6O4S. The number of rotatable bonds is 10. The molecule has 178 valence electrons. The number of hydrogen-bond acceptors (Lipinski definition) is 8. The van der Waals surface area contributed by atoms with Gasteiger partial charge in [0.15, 0.2) is 0 Å². The van der Waals surface area contributed by atoms with Gasteiger partial charge in [-0.15, -0.1) is 0 Å². The van der Waals surface area contributed by atoms with Crippen molar-refractivity contribution in [1.82, 2.24) is 10.1 Å². The van der Waals surface area contributed by atoms with Crippen molar-refractivity contribution < 1.29 is 17.7 Å². The van der Waals surface area contributed by atoms with E-state index in [-0.39, 0.29) is 33.6 Å². The van der Waals surface area contributed by atoms with Crippen LogP contribution in [0.5, 0.6) is 0 Å². The molecule has 1 amide bonds. The van der Waals surface area contributed by atoms with Crippen LogP contribution in [0.25, 0.3) is 11.4 Å². The van der Waals surface area contributed by atoms with E-state index in [1.165, 1.54) is 12.1 Å². The van der Waals surface area contributed by atoms with E-state index in [0.29, 0.717) is 36.3 Å². The first-order chi connectivity index (χ1) is 16.2. The Morgan fingerprint density at radius 2 is 1.88 bits per heavy atom. The molecule has 0 aliphatic heterocycles. The molecule has 1 heterocycles. The number of nitrogens with one attached hydrogen (secondary N) is 3. The SMILES string of the molecule is CC1(C(=O)Nc2cccc(NS(=O)(=O)c3ccc(-c4noc(C(=N)CCCN)n4)cc3)c2)CC1. The fourth-order valence-corrected chi connectivity index (χ4v) is 4.25. The lowest BCUT2D eigenvalue weighted by Gasteiger charge is -2.12. The Kier molecular flexibility index (Phi) is 6.49. The number of nitrogens with two attached hydrogens (primary N) is 1. The molecule has 11 heteroatoms. The van der Waals surface area contributed by atoms with Gasteiger partial charge in [0.2, 0.25) is 11.7 Å². The lowest BCUT2D eigenvalue weighted by atomic mass is 10.1. The van der Waals surface area contributed by atoms with Crippen molar-refractivity contribution in [2.45, 2.75) is 37.5 Å². The van der Waals surface area contributed by atoms with Crippen LogP contribution < -0.4 is 15.8 Å². The molecule has 0 spiro atoms. The van der Waals surface area contributed by atoms with E-state index in [1.54, 1.807) is 36.4 Å². The van der Waals surface area contributed by atoms with E-state index in [4.69, 9.17) is 15.7 Å². The molecule has 1 aromatic heterocycles. The van der Waals surface area contributed by atoms with Crippen LogP contribution in [0.2, 0.25) is 0 Å². The number of benzene rings is 2. The minimum Gasteiger partial charge on any atom is -0.332 e. The average molecular weight is 483 g/mol. The predicted molar refractivity (Wildman–Crippen MR) is 128 cm³/mol. The van der Waals surface area contributed by atoms with Crippen molar-refractivity contribution in [2.75, 3.05) is 16.6 Å². The van der Waals surface area contributed by atoms with E-state index in [9.17, 15) is 13.2 Å². The highest BCUT2D eigenvalue weighted by Crippen LogP contribution is 2.45. The van der Waals surface area contributed by atoms with Gasteiger partial charge in [-0.25, -0.2) is 8.42 Å². The predicted octanol–water partition coefficient (Wildman–Crippen LogP) is 3.38. The molecule has 0 bridgehead atoms. The molecule has 1 aliphatic carbocycles. The molecule has 0 radical (unpaired) electrons. The van der Waals surface area contributed by atoms with Crippen LogP contribution >= 0.6 is 0 Å². The fourth-order valence-electron chi connectivity index (χ4n) is 3.20. The van der Waals surface area contributed by atoms with Gasteiger partial charge < -0.3 is 15.6 Å². The van der Waals surface area contributed by atoms with Gasteiger partial charge >= 0.3 is 0 Å². The molecule has 4 rings (SSSR count). The van der Waals surface area contributed by atoms with Gasteiger partial charge in [0.05, 0.1) is 16.3 Å². The Morgan fingerprint density at radius 3 is 2.56 bits per heavy atom. The van der Waals surface area contributed by atoms with Crippen molar-refractivity contribution in [2.24, 2.45) is 11.1 Å². The standard InChI is InChI=1S/C23H26N6O4S/c1-23(11-12-23)22(30)26-16-4-2-5-17(14-16)29-34(31,32)18-9-7-15(8-10-18)20-27-21(33-28-20)19(25)6-3-13-24/h2,4-5,7-10,14,25,29H,3,6,11-13,24H2,1H3,(H,26,30). The third-order valence-corrected chi connectivity index (χ3v) is 7.06. The normalized spacial score (nSPS) is 14.4. The first kappa shape index (κ1) is 23.6. The molecule has 2 aromatic carbocycles. The lowest BCUT2D eigenvalue weighted by Crippen LogP contribution is -2.21. The van der Waals surface area contributed by atoms with Gasteiger partial charge in [0.25, 0.3) is 15.9 Å². The molecule has 0 saturated heterocycles. The van der Waals surface area contributed by atoms with Gasteiger partial charge in [-0.05, 0) is 74.7 Å². The highest BCUT2D eigenvalue weighted by atomic mass is 32.2. The lowest BCUT2D eigenvalue weighted by molar-refractivity contribution is -0.120. The van der Waals surface area contributed by atoms with Crippen molar-refractivity contribution in [1.29, 1.82) is 5.41 Å². The summed E-state index contributed by atoms with van der Waals surface area (Å²) in [6, 6.07) is 12.6. The van der Waals surface area contributed by atoms with Crippen LogP contribution in [0, 0.1) is 10.8 Å². The van der Waals surface area contributed by atoms with Gasteiger partial charge in [-0.1, -0.05) is 18.1 Å². The molecule has 1 saturated carbocycles. The summed E-state index contributed by atoms with van der Waals surface area (Å²) in [4.78, 5) is 16.5. The molecular weight excluding hydrogens is 456 g/mol. The number of carbonyl (C=O) groups is 1. The second kappa shape index (κ2) is 9.35. The van der Waals surface area contributed by atoms with Crippen molar-refractivity contribution in [3.8, 4) is 11.4 Å². The number of carbonyl (C=O) groups excluding carboxylic acids is 1. The summed E-state index contributed by atoms with van der Waals surface area (Å²) < 4.78 is 33.4. The summed E-state index contributed by atoms with van der Waals surface area (Å²) in [7, 11) is -3.86. The highest BCUT2D eigenvalue weighted by Gasteiger charge is 2.44. The topological polar surface area (TPSA) is 164 Å². The number of sulfonamides is 1. The van der Waals surface area contributed by atoms with Gasteiger partial charge in [-0.3, -0.25) is 14.9 Å². The van der Waals surface area contributed by atoms with Gasteiger partial charge in [0, 0.05) is 16.7 Å². The molecule has 3 aromatic rings. The smallest absolute Gasteiger partial charge is 0.271 e. The van der Waals surface area contributed by atoms with Crippen LogP contribution in [0.4, 0.5) is 11.4 Å². The highest BCUT2D eigenvalue weighted by molar-refractivity contribution is 7.92. The fraction of sp³-hybridized carbons (Fsp3) is 0.304. The van der Waals surface area contributed by atoms with E-state index >= 15 is 0 Å². The van der Waals surface area contributed by atoms with E-state index < -0.39 is 10.0 Å². The monoisotopic (exact) mass is 482 g/mol. The van der Waals surface area contributed by atoms with Crippen LogP contribution in [0.15, 0.2) is 57.9 Å². The third-order valence-electron chi connectivity index (χ3n) is 5.66. The summed E-state index contributed by atoms with van der Waals surface area (Å²) in [5.74, 6) is 0.309. The Labute approximate surface area is 197 Å². The number of anilines is 2. The number of hydrogen-bond donors (Lipinski definition) is 4. The first-order valence-corrected chi connectivity index (χ1v) is 12.3. The van der Waals surface area contributed by atoms with Crippen LogP contribution in [0.3, 0.4) is 0 Å². The summed E-state index contributed by atoms with van der Waals surface area (Å²) in [5.41, 5.74) is 6.75. The molecule has 34 heavy (non-hydrogen) atoms. The van der Waals surface area contributed by atoms with Crippen molar-refractivity contribution >= 4 is 33.0 Å². The van der Waals surface area contributed by atoms with Gasteiger partial charge in [-0.2, -0.15) is 4.98 Å². The summed E-state index contributed by atoms with van der Waals surface area (Å²) >= 11 is 0. The maximum absolute atomic E-state index is 12.9. The maximum atomic E-state index is 12.9. The zero-order valence-electron chi connectivity index (χ0n) is 18.7. The summed E-state index contributed by atoms with van der Waals surface area (Å²) in [6.07, 6.45) is 2.78. The number of aromatic nitrogens is 2. The van der Waals surface area contributed by atoms with Crippen molar-refractivity contribution in [3.05, 3.63) is 54.4 Å². The minimum atomic E-state index is -3.86. The van der Waals surface area contributed by atoms with Crippen LogP contribution in [-0.2, 0) is 14.8 Å². The molecule has 0 unspecified atom stereocenters. The Morgan fingerprint density at radius 1 is 1.18 bits per heavy atom. The van der Waals surface area contributed by atoms with Crippen LogP contribution in [0.1, 0.15) is 38.5 Å². The minimum absolute atomic E-state index is 0.0515.